The van der Waals surface area contributed by atoms with Crippen LogP contribution in [0.15, 0.2) is 29.3 Å². The minimum atomic E-state index is -0.0202. The first-order chi connectivity index (χ1) is 12.8. The van der Waals surface area contributed by atoms with Gasteiger partial charge in [0.05, 0.1) is 6.10 Å². The summed E-state index contributed by atoms with van der Waals surface area (Å²) in [4.78, 5) is 16.3. The zero-order valence-corrected chi connectivity index (χ0v) is 20.4. The molecule has 0 aliphatic carbocycles. The number of benzene rings is 1. The van der Waals surface area contributed by atoms with E-state index in [1.165, 1.54) is 0 Å². The lowest BCUT2D eigenvalue weighted by Gasteiger charge is -2.30. The Morgan fingerprint density at radius 2 is 1.79 bits per heavy atom. The molecule has 0 spiro atoms. The maximum absolute atomic E-state index is 12.0. The molecule has 0 aromatic heterocycles. The predicted octanol–water partition coefficient (Wildman–Crippen LogP) is 3.56. The first-order valence-electron chi connectivity index (χ1n) is 9.66. The van der Waals surface area contributed by atoms with Crippen LogP contribution in [0.4, 0.5) is 0 Å². The van der Waals surface area contributed by atoms with E-state index in [0.29, 0.717) is 18.7 Å². The fourth-order valence-electron chi connectivity index (χ4n) is 2.59. The third-order valence-electron chi connectivity index (χ3n) is 4.42. The van der Waals surface area contributed by atoms with E-state index in [2.05, 4.69) is 48.6 Å². The average molecular weight is 504 g/mol. The van der Waals surface area contributed by atoms with Gasteiger partial charge in [0.2, 0.25) is 0 Å². The summed E-state index contributed by atoms with van der Waals surface area (Å²) in [7, 11) is 3.48. The lowest BCUT2D eigenvalue weighted by Crippen LogP contribution is -2.45. The standard InChI is InChI=1S/C21H36N4O2.HI/c1-7-8-13-23-19(26)17-11-9-16(10-12-17)14-24-20(22-5)25-15-18(27-6)21(2,3)4;/h9-12,18H,7-8,13-15H2,1-6H3,(H,23,26)(H2,22,24,25);1H. The van der Waals surface area contributed by atoms with Crippen molar-refractivity contribution in [1.82, 2.24) is 16.0 Å². The Morgan fingerprint density at radius 3 is 2.29 bits per heavy atom. The smallest absolute Gasteiger partial charge is 0.251 e. The second-order valence-electron chi connectivity index (χ2n) is 7.70. The number of hydrogen-bond donors (Lipinski definition) is 3. The molecule has 28 heavy (non-hydrogen) atoms. The van der Waals surface area contributed by atoms with Gasteiger partial charge in [-0.15, -0.1) is 24.0 Å². The molecule has 0 bridgehead atoms. The molecule has 7 heteroatoms. The number of amides is 1. The molecule has 1 atom stereocenters. The molecule has 1 amide bonds. The summed E-state index contributed by atoms with van der Waals surface area (Å²) in [6.07, 6.45) is 2.15. The van der Waals surface area contributed by atoms with E-state index in [9.17, 15) is 4.79 Å². The van der Waals surface area contributed by atoms with Gasteiger partial charge in [-0.05, 0) is 29.5 Å². The number of nitrogens with one attached hydrogen (secondary N) is 3. The third-order valence-corrected chi connectivity index (χ3v) is 4.42. The van der Waals surface area contributed by atoms with Crippen molar-refractivity contribution in [2.24, 2.45) is 10.4 Å². The molecule has 0 saturated carbocycles. The van der Waals surface area contributed by atoms with Gasteiger partial charge in [-0.25, -0.2) is 0 Å². The molecule has 0 saturated heterocycles. The van der Waals surface area contributed by atoms with Crippen molar-refractivity contribution < 1.29 is 9.53 Å². The summed E-state index contributed by atoms with van der Waals surface area (Å²) in [6, 6.07) is 7.63. The van der Waals surface area contributed by atoms with Gasteiger partial charge in [-0.2, -0.15) is 0 Å². The van der Waals surface area contributed by atoms with Crippen molar-refractivity contribution >= 4 is 35.8 Å². The number of carbonyl (C=O) groups excluding carboxylic acids is 1. The van der Waals surface area contributed by atoms with Crippen molar-refractivity contribution in [2.75, 3.05) is 27.2 Å². The highest BCUT2D eigenvalue weighted by Gasteiger charge is 2.24. The number of guanidine groups is 1. The summed E-state index contributed by atoms with van der Waals surface area (Å²) in [6.45, 7) is 10.6. The summed E-state index contributed by atoms with van der Waals surface area (Å²) < 4.78 is 5.56. The van der Waals surface area contributed by atoms with Gasteiger partial charge in [-0.1, -0.05) is 46.2 Å². The molecule has 160 valence electrons. The van der Waals surface area contributed by atoms with Crippen molar-refractivity contribution in [2.45, 2.75) is 53.2 Å². The normalized spacial score (nSPS) is 12.7. The maximum atomic E-state index is 12.0. The molecule has 0 aliphatic rings. The second kappa shape index (κ2) is 13.8. The maximum Gasteiger partial charge on any atom is 0.251 e. The number of nitrogens with zero attached hydrogens (tertiary/aromatic N) is 1. The minimum Gasteiger partial charge on any atom is -0.379 e. The molecule has 0 fully saturated rings. The molecular weight excluding hydrogens is 467 g/mol. The number of unbranched alkanes of at least 4 members (excludes halogenated alkanes) is 1. The van der Waals surface area contributed by atoms with Gasteiger partial charge in [0.15, 0.2) is 5.96 Å². The lowest BCUT2D eigenvalue weighted by molar-refractivity contribution is 0.0205. The Morgan fingerprint density at radius 1 is 1.14 bits per heavy atom. The van der Waals surface area contributed by atoms with Crippen LogP contribution in [0.25, 0.3) is 0 Å². The van der Waals surface area contributed by atoms with Crippen LogP contribution in [-0.4, -0.2) is 45.2 Å². The highest BCUT2D eigenvalue weighted by Crippen LogP contribution is 2.20. The van der Waals surface area contributed by atoms with Crippen molar-refractivity contribution in [3.8, 4) is 0 Å². The lowest BCUT2D eigenvalue weighted by atomic mass is 9.89. The molecule has 0 aliphatic heterocycles. The monoisotopic (exact) mass is 504 g/mol. The zero-order chi connectivity index (χ0) is 20.3. The van der Waals surface area contributed by atoms with Gasteiger partial charge < -0.3 is 20.7 Å². The first-order valence-corrected chi connectivity index (χ1v) is 9.66. The van der Waals surface area contributed by atoms with E-state index in [-0.39, 0.29) is 41.4 Å². The van der Waals surface area contributed by atoms with Crippen LogP contribution in [0.3, 0.4) is 0 Å². The molecule has 1 unspecified atom stereocenters. The summed E-state index contributed by atoms with van der Waals surface area (Å²) in [5.41, 5.74) is 1.82. The van der Waals surface area contributed by atoms with Crippen LogP contribution in [0.1, 0.15) is 56.5 Å². The van der Waals surface area contributed by atoms with E-state index < -0.39 is 0 Å². The summed E-state index contributed by atoms with van der Waals surface area (Å²) in [5, 5.41) is 9.52. The highest BCUT2D eigenvalue weighted by molar-refractivity contribution is 14.0. The Labute approximate surface area is 187 Å². The second-order valence-corrected chi connectivity index (χ2v) is 7.70. The van der Waals surface area contributed by atoms with Gasteiger partial charge in [0.1, 0.15) is 0 Å². The Hall–Kier alpha value is -1.35. The van der Waals surface area contributed by atoms with E-state index in [1.807, 2.05) is 24.3 Å². The fraction of sp³-hybridized carbons (Fsp3) is 0.619. The average Bonchev–Trinajstić information content (AvgIpc) is 2.64. The topological polar surface area (TPSA) is 74.8 Å². The Balaban J connectivity index is 0.00000729. The SMILES string of the molecule is CCCCNC(=O)c1ccc(CNC(=NC)NCC(OC)C(C)(C)C)cc1.I. The number of ether oxygens (including phenoxy) is 1. The van der Waals surface area contributed by atoms with Crippen LogP contribution < -0.4 is 16.0 Å². The first kappa shape index (κ1) is 26.6. The molecule has 0 heterocycles. The molecule has 3 N–H and O–H groups in total. The molecule has 0 radical (unpaired) electrons. The minimum absolute atomic E-state index is 0. The van der Waals surface area contributed by atoms with Crippen LogP contribution in [-0.2, 0) is 11.3 Å². The van der Waals surface area contributed by atoms with E-state index in [4.69, 9.17) is 4.74 Å². The van der Waals surface area contributed by atoms with Crippen LogP contribution in [0.2, 0.25) is 0 Å². The van der Waals surface area contributed by atoms with E-state index in [1.54, 1.807) is 14.2 Å². The highest BCUT2D eigenvalue weighted by atomic mass is 127. The fourth-order valence-corrected chi connectivity index (χ4v) is 2.59. The van der Waals surface area contributed by atoms with Crippen LogP contribution >= 0.6 is 24.0 Å². The molecule has 6 nitrogen and oxygen atoms in total. The zero-order valence-electron chi connectivity index (χ0n) is 18.1. The van der Waals surface area contributed by atoms with Crippen molar-refractivity contribution in [3.05, 3.63) is 35.4 Å². The van der Waals surface area contributed by atoms with Gasteiger partial charge in [0.25, 0.3) is 5.91 Å². The molecule has 1 aromatic carbocycles. The largest absolute Gasteiger partial charge is 0.379 e. The third kappa shape index (κ3) is 9.73. The van der Waals surface area contributed by atoms with E-state index in [0.717, 1.165) is 30.9 Å². The van der Waals surface area contributed by atoms with Gasteiger partial charge in [-0.3, -0.25) is 9.79 Å². The number of methoxy groups -OCH3 is 1. The molecule has 1 aromatic rings. The summed E-state index contributed by atoms with van der Waals surface area (Å²) >= 11 is 0. The van der Waals surface area contributed by atoms with Crippen molar-refractivity contribution in [1.29, 1.82) is 0 Å². The molecule has 1 rings (SSSR count). The van der Waals surface area contributed by atoms with E-state index >= 15 is 0 Å². The van der Waals surface area contributed by atoms with Gasteiger partial charge in [0, 0.05) is 39.4 Å². The molecular formula is C21H37IN4O2. The Kier molecular flexibility index (Phi) is 13.1. The predicted molar refractivity (Wildman–Crippen MR) is 128 cm³/mol. The van der Waals surface area contributed by atoms with Crippen molar-refractivity contribution in [3.63, 3.8) is 0 Å². The Bertz CT molecular complexity index is 597. The summed E-state index contributed by atoms with van der Waals surface area (Å²) in [5.74, 6) is 0.705. The number of aliphatic imine (C=N–C) groups is 1. The quantitative estimate of drug-likeness (QED) is 0.208. The number of carbonyl (C=O) groups is 1. The van der Waals surface area contributed by atoms with Crippen LogP contribution in [0.5, 0.6) is 0 Å². The number of rotatable bonds is 9. The van der Waals surface area contributed by atoms with Gasteiger partial charge >= 0.3 is 0 Å². The number of hydrogen-bond acceptors (Lipinski definition) is 3. The van der Waals surface area contributed by atoms with Crippen LogP contribution in [0, 0.1) is 5.41 Å². The number of halogens is 1.